The Kier molecular flexibility index (Phi) is 2.31. The van der Waals surface area contributed by atoms with Gasteiger partial charge < -0.3 is 0 Å². The first-order valence-corrected chi connectivity index (χ1v) is 6.71. The first-order chi connectivity index (χ1) is 7.36. The summed E-state index contributed by atoms with van der Waals surface area (Å²) in [5, 5.41) is 3.36. The summed E-state index contributed by atoms with van der Waals surface area (Å²) in [5.41, 5.74) is 2.09. The van der Waals surface area contributed by atoms with Gasteiger partial charge in [-0.05, 0) is 32.8 Å². The molecule has 1 aromatic carbocycles. The van der Waals surface area contributed by atoms with Crippen LogP contribution < -0.4 is 0 Å². The molecule has 0 unspecified atom stereocenters. The molecule has 0 aliphatic rings. The molecule has 0 N–H and O–H groups in total. The second-order valence-corrected chi connectivity index (χ2v) is 5.24. The van der Waals surface area contributed by atoms with Crippen molar-refractivity contribution in [1.29, 1.82) is 0 Å². The van der Waals surface area contributed by atoms with Gasteiger partial charge in [0.15, 0.2) is 0 Å². The molecule has 0 radical (unpaired) electrons. The first kappa shape index (κ1) is 9.45. The van der Waals surface area contributed by atoms with Crippen molar-refractivity contribution in [2.75, 3.05) is 0 Å². The zero-order chi connectivity index (χ0) is 10.3. The minimum Gasteiger partial charge on any atom is -0.172 e. The van der Waals surface area contributed by atoms with E-state index in [1.165, 1.54) is 21.8 Å². The van der Waals surface area contributed by atoms with Gasteiger partial charge in [0, 0.05) is 10.3 Å². The van der Waals surface area contributed by atoms with E-state index in [0.717, 1.165) is 15.9 Å². The number of benzene rings is 1. The largest absolute Gasteiger partial charge is 0.172 e. The molecule has 0 fully saturated rings. The molecule has 0 spiro atoms. The molecule has 0 amide bonds. The van der Waals surface area contributed by atoms with Crippen LogP contribution >= 0.6 is 39.0 Å². The fraction of sp³-hybridized carbons (Fsp3) is 0. The monoisotopic (exact) mass is 296 g/mol. The molecule has 3 aromatic rings. The Morgan fingerprint density at radius 1 is 1.13 bits per heavy atom. The highest BCUT2D eigenvalue weighted by Crippen LogP contribution is 2.34. The molecule has 74 valence electrons. The highest BCUT2D eigenvalue weighted by molar-refractivity contribution is 9.10. The predicted octanol–water partition coefficient (Wildman–Crippen LogP) is 4.18. The normalized spacial score (nSPS) is 11.0. The molecule has 2 nitrogen and oxygen atoms in total. The maximum Gasteiger partial charge on any atom is 0.148 e. The van der Waals surface area contributed by atoms with Gasteiger partial charge in [-0.1, -0.05) is 18.2 Å². The van der Waals surface area contributed by atoms with E-state index in [4.69, 9.17) is 0 Å². The van der Waals surface area contributed by atoms with Crippen LogP contribution in [0.2, 0.25) is 0 Å². The lowest BCUT2D eigenvalue weighted by molar-refractivity contribution is 1.46. The highest BCUT2D eigenvalue weighted by atomic mass is 79.9. The Bertz CT molecular complexity index is 614. The molecular formula is C10H5BrN2S2. The van der Waals surface area contributed by atoms with Gasteiger partial charge in [0.25, 0.3) is 0 Å². The van der Waals surface area contributed by atoms with Crippen LogP contribution in [0.5, 0.6) is 0 Å². The second kappa shape index (κ2) is 3.66. The molecule has 0 aliphatic carbocycles. The molecule has 15 heavy (non-hydrogen) atoms. The van der Waals surface area contributed by atoms with E-state index in [9.17, 15) is 0 Å². The summed E-state index contributed by atoms with van der Waals surface area (Å²) in [6.07, 6.45) is 0. The third-order valence-electron chi connectivity index (χ3n) is 2.18. The van der Waals surface area contributed by atoms with Crippen molar-refractivity contribution in [3.63, 3.8) is 0 Å². The van der Waals surface area contributed by atoms with Crippen LogP contribution in [0.3, 0.4) is 0 Å². The fourth-order valence-electron chi connectivity index (χ4n) is 1.52. The van der Waals surface area contributed by atoms with Crippen molar-refractivity contribution in [3.8, 4) is 11.3 Å². The van der Waals surface area contributed by atoms with Crippen LogP contribution in [0.15, 0.2) is 34.2 Å². The van der Waals surface area contributed by atoms with Crippen LogP contribution in [0.25, 0.3) is 21.3 Å². The summed E-state index contributed by atoms with van der Waals surface area (Å²) in [5.74, 6) is 0. The van der Waals surface area contributed by atoms with Crippen molar-refractivity contribution >= 4 is 49.1 Å². The number of hydrogen-bond acceptors (Lipinski definition) is 4. The molecule has 0 atom stereocenters. The third kappa shape index (κ3) is 1.51. The predicted molar refractivity (Wildman–Crippen MR) is 68.4 cm³/mol. The minimum atomic E-state index is 0.827. The Labute approximate surface area is 103 Å². The molecule has 3 rings (SSSR count). The average molecular weight is 297 g/mol. The summed E-state index contributed by atoms with van der Waals surface area (Å²) >= 11 is 6.39. The molecule has 0 bridgehead atoms. The van der Waals surface area contributed by atoms with Crippen LogP contribution in [0.1, 0.15) is 0 Å². The molecule has 0 saturated carbocycles. The van der Waals surface area contributed by atoms with E-state index >= 15 is 0 Å². The number of halogens is 1. The summed E-state index contributed by atoms with van der Waals surface area (Å²) in [6, 6.07) is 8.37. The van der Waals surface area contributed by atoms with Crippen LogP contribution in [-0.4, -0.2) is 8.75 Å². The lowest BCUT2D eigenvalue weighted by atomic mass is 10.1. The van der Waals surface area contributed by atoms with Gasteiger partial charge >= 0.3 is 0 Å². The van der Waals surface area contributed by atoms with Crippen LogP contribution in [0.4, 0.5) is 0 Å². The summed E-state index contributed by atoms with van der Waals surface area (Å²) in [7, 11) is 0. The van der Waals surface area contributed by atoms with Gasteiger partial charge in [-0.2, -0.15) is 8.75 Å². The van der Waals surface area contributed by atoms with Crippen LogP contribution in [0, 0.1) is 0 Å². The lowest BCUT2D eigenvalue weighted by Crippen LogP contribution is -1.78. The zero-order valence-electron chi connectivity index (χ0n) is 7.48. The number of aromatic nitrogens is 2. The zero-order valence-corrected chi connectivity index (χ0v) is 10.7. The van der Waals surface area contributed by atoms with Gasteiger partial charge in [-0.25, -0.2) is 0 Å². The van der Waals surface area contributed by atoms with Gasteiger partial charge in [0.05, 0.1) is 11.7 Å². The van der Waals surface area contributed by atoms with Gasteiger partial charge in [0.1, 0.15) is 10.3 Å². The topological polar surface area (TPSA) is 25.8 Å². The molecule has 0 aliphatic heterocycles. The maximum atomic E-state index is 4.31. The van der Waals surface area contributed by atoms with Gasteiger partial charge in [-0.3, -0.25) is 0 Å². The SMILES string of the molecule is Brc1nsnc1-c1cccc2ccsc12. The van der Waals surface area contributed by atoms with E-state index in [0.29, 0.717) is 0 Å². The Balaban J connectivity index is 2.36. The molecule has 2 aromatic heterocycles. The Morgan fingerprint density at radius 2 is 2.07 bits per heavy atom. The summed E-state index contributed by atoms with van der Waals surface area (Å²) in [6.45, 7) is 0. The van der Waals surface area contributed by atoms with Crippen molar-refractivity contribution in [2.24, 2.45) is 0 Å². The van der Waals surface area contributed by atoms with Gasteiger partial charge in [-0.15, -0.1) is 11.3 Å². The number of thiophene rings is 1. The lowest BCUT2D eigenvalue weighted by Gasteiger charge is -1.98. The Hall–Kier alpha value is -0.780. The van der Waals surface area contributed by atoms with Crippen molar-refractivity contribution in [2.45, 2.75) is 0 Å². The Morgan fingerprint density at radius 3 is 2.87 bits per heavy atom. The van der Waals surface area contributed by atoms with E-state index in [1.54, 1.807) is 11.3 Å². The minimum absolute atomic E-state index is 0.827. The quantitative estimate of drug-likeness (QED) is 0.673. The molecular weight excluding hydrogens is 292 g/mol. The van der Waals surface area contributed by atoms with E-state index in [1.807, 2.05) is 0 Å². The maximum absolute atomic E-state index is 4.31. The fourth-order valence-corrected chi connectivity index (χ4v) is 3.51. The molecule has 0 saturated heterocycles. The van der Waals surface area contributed by atoms with Crippen molar-refractivity contribution in [3.05, 3.63) is 34.2 Å². The average Bonchev–Trinajstić information content (AvgIpc) is 2.85. The molecule has 2 heterocycles. The standard InChI is InChI=1S/C10H5BrN2S2/c11-10-8(12-15-13-10)7-3-1-2-6-4-5-14-9(6)7/h1-5H. The summed E-state index contributed by atoms with van der Waals surface area (Å²) in [4.78, 5) is 0. The van der Waals surface area contributed by atoms with Crippen molar-refractivity contribution < 1.29 is 0 Å². The van der Waals surface area contributed by atoms with E-state index in [2.05, 4.69) is 54.3 Å². The summed E-state index contributed by atoms with van der Waals surface area (Å²) < 4.78 is 10.5. The number of fused-ring (bicyclic) bond motifs is 1. The molecule has 5 heteroatoms. The van der Waals surface area contributed by atoms with E-state index < -0.39 is 0 Å². The second-order valence-electron chi connectivity index (χ2n) is 3.05. The third-order valence-corrected chi connectivity index (χ3v) is 4.46. The highest BCUT2D eigenvalue weighted by Gasteiger charge is 2.11. The smallest absolute Gasteiger partial charge is 0.148 e. The number of nitrogens with zero attached hydrogens (tertiary/aromatic N) is 2. The first-order valence-electron chi connectivity index (χ1n) is 4.31. The van der Waals surface area contributed by atoms with Crippen molar-refractivity contribution in [1.82, 2.24) is 8.75 Å². The van der Waals surface area contributed by atoms with E-state index in [-0.39, 0.29) is 0 Å². The number of hydrogen-bond donors (Lipinski definition) is 0. The van der Waals surface area contributed by atoms with Gasteiger partial charge in [0.2, 0.25) is 0 Å². The van der Waals surface area contributed by atoms with Crippen LogP contribution in [-0.2, 0) is 0 Å². The number of rotatable bonds is 1.